The monoisotopic (exact) mass is 485 g/mol. The van der Waals surface area contributed by atoms with Crippen LogP contribution < -0.4 is 5.32 Å². The van der Waals surface area contributed by atoms with Crippen LogP contribution in [-0.2, 0) is 18.4 Å². The highest BCUT2D eigenvalue weighted by molar-refractivity contribution is 7.54. The van der Waals surface area contributed by atoms with Crippen molar-refractivity contribution >= 4 is 13.5 Å². The Morgan fingerprint density at radius 3 is 2.18 bits per heavy atom. The summed E-state index contributed by atoms with van der Waals surface area (Å²) in [6.45, 7) is 9.80. The van der Waals surface area contributed by atoms with Crippen molar-refractivity contribution < 1.29 is 18.4 Å². The largest absolute Gasteiger partial charge is 0.355 e. The smallest absolute Gasteiger partial charge is 0.338 e. The summed E-state index contributed by atoms with van der Waals surface area (Å²) in [5.41, 5.74) is 4.74. The molecule has 34 heavy (non-hydrogen) atoms. The zero-order valence-corrected chi connectivity index (χ0v) is 22.0. The van der Waals surface area contributed by atoms with E-state index in [0.717, 1.165) is 59.9 Å². The molecule has 0 bridgehead atoms. The molecule has 0 saturated heterocycles. The first-order valence-corrected chi connectivity index (χ1v) is 14.5. The molecule has 0 aliphatic heterocycles. The van der Waals surface area contributed by atoms with E-state index in [0.29, 0.717) is 26.2 Å². The summed E-state index contributed by atoms with van der Waals surface area (Å²) in [5.74, 6) is -0.287. The summed E-state index contributed by atoms with van der Waals surface area (Å²) in [5, 5.41) is 3.06. The third-order valence-corrected chi connectivity index (χ3v) is 8.96. The van der Waals surface area contributed by atoms with Crippen molar-refractivity contribution in [3.8, 4) is 11.1 Å². The molecule has 0 spiro atoms. The van der Waals surface area contributed by atoms with Gasteiger partial charge < -0.3 is 14.4 Å². The van der Waals surface area contributed by atoms with Crippen molar-refractivity contribution in [1.29, 1.82) is 0 Å². The minimum atomic E-state index is -3.35. The Labute approximate surface area is 205 Å². The number of unbranched alkanes of at least 4 members (excludes halogenated alkanes) is 2. The van der Waals surface area contributed by atoms with Crippen molar-refractivity contribution in [3.63, 3.8) is 0 Å². The van der Waals surface area contributed by atoms with Gasteiger partial charge in [0.25, 0.3) is 0 Å². The van der Waals surface area contributed by atoms with Crippen LogP contribution in [-0.4, -0.2) is 25.7 Å². The van der Waals surface area contributed by atoms with E-state index in [9.17, 15) is 9.36 Å². The second-order valence-electron chi connectivity index (χ2n) is 9.00. The summed E-state index contributed by atoms with van der Waals surface area (Å²) in [6, 6.07) is 14.2. The first kappa shape index (κ1) is 26.7. The van der Waals surface area contributed by atoms with Gasteiger partial charge in [-0.15, -0.1) is 0 Å². The van der Waals surface area contributed by atoms with E-state index < -0.39 is 7.60 Å². The van der Waals surface area contributed by atoms with Crippen molar-refractivity contribution in [2.24, 2.45) is 0 Å². The van der Waals surface area contributed by atoms with Crippen LogP contribution in [0.1, 0.15) is 94.5 Å². The molecular weight excluding hydrogens is 445 g/mol. The van der Waals surface area contributed by atoms with Gasteiger partial charge in [0.05, 0.1) is 24.8 Å². The van der Waals surface area contributed by atoms with Crippen LogP contribution in [0.3, 0.4) is 0 Å². The van der Waals surface area contributed by atoms with Crippen LogP contribution in [0, 0.1) is 0 Å². The molecule has 2 atom stereocenters. The average molecular weight is 486 g/mol. The quantitative estimate of drug-likeness (QED) is 0.221. The zero-order chi connectivity index (χ0) is 24.6. The van der Waals surface area contributed by atoms with Gasteiger partial charge in [-0.25, -0.2) is 0 Å². The summed E-state index contributed by atoms with van der Waals surface area (Å²) in [7, 11) is -3.35. The minimum absolute atomic E-state index is 0.0318. The number of hydrogen-bond acceptors (Lipinski definition) is 4. The Morgan fingerprint density at radius 1 is 0.912 bits per heavy atom. The van der Waals surface area contributed by atoms with Gasteiger partial charge >= 0.3 is 7.60 Å². The molecule has 2 unspecified atom stereocenters. The molecule has 5 nitrogen and oxygen atoms in total. The highest BCUT2D eigenvalue weighted by Gasteiger charge is 2.38. The fraction of sp³-hybridized carbons (Fsp3) is 0.536. The summed E-state index contributed by atoms with van der Waals surface area (Å²) >= 11 is 0. The van der Waals surface area contributed by atoms with Gasteiger partial charge in [0.15, 0.2) is 0 Å². The lowest BCUT2D eigenvalue weighted by Gasteiger charge is -2.27. The fourth-order valence-corrected chi connectivity index (χ4v) is 6.77. The number of fused-ring (bicyclic) bond motifs is 3. The van der Waals surface area contributed by atoms with Crippen molar-refractivity contribution in [3.05, 3.63) is 59.2 Å². The van der Waals surface area contributed by atoms with Crippen LogP contribution in [0.2, 0.25) is 0 Å². The maximum absolute atomic E-state index is 14.0. The maximum Gasteiger partial charge on any atom is 0.338 e. The average Bonchev–Trinajstić information content (AvgIpc) is 3.17. The van der Waals surface area contributed by atoms with Crippen molar-refractivity contribution in [2.45, 2.75) is 77.8 Å². The maximum atomic E-state index is 14.0. The molecule has 6 heteroatoms. The summed E-state index contributed by atoms with van der Waals surface area (Å²) in [4.78, 5) is 13.1. The van der Waals surface area contributed by atoms with E-state index >= 15 is 0 Å². The first-order chi connectivity index (χ1) is 16.5. The number of carbonyl (C=O) groups is 1. The predicted octanol–water partition coefficient (Wildman–Crippen LogP) is 7.60. The Kier molecular flexibility index (Phi) is 9.94. The Morgan fingerprint density at radius 2 is 1.56 bits per heavy atom. The molecule has 0 aromatic heterocycles. The van der Waals surface area contributed by atoms with Gasteiger partial charge in [-0.05, 0) is 59.6 Å². The van der Waals surface area contributed by atoms with Gasteiger partial charge in [-0.2, -0.15) is 0 Å². The lowest BCUT2D eigenvalue weighted by molar-refractivity contribution is -0.121. The Balaban J connectivity index is 1.99. The van der Waals surface area contributed by atoms with Crippen LogP contribution >= 0.6 is 7.60 Å². The number of amides is 1. The van der Waals surface area contributed by atoms with Crippen LogP contribution in [0.4, 0.5) is 0 Å². The van der Waals surface area contributed by atoms with E-state index in [1.807, 2.05) is 37.3 Å². The Hall–Kier alpha value is -1.94. The third kappa shape index (κ3) is 5.82. The molecule has 0 heterocycles. The topological polar surface area (TPSA) is 64.6 Å². The molecule has 2 aromatic carbocycles. The molecule has 186 valence electrons. The lowest BCUT2D eigenvalue weighted by Crippen LogP contribution is -2.29. The lowest BCUT2D eigenvalue weighted by atomic mass is 9.95. The minimum Gasteiger partial charge on any atom is -0.355 e. The molecule has 1 aliphatic carbocycles. The second-order valence-corrected chi connectivity index (χ2v) is 11.2. The normalized spacial score (nSPS) is 15.6. The van der Waals surface area contributed by atoms with Crippen molar-refractivity contribution in [1.82, 2.24) is 5.32 Å². The zero-order valence-electron chi connectivity index (χ0n) is 21.1. The Bertz CT molecular complexity index is 992. The van der Waals surface area contributed by atoms with Crippen LogP contribution in [0.15, 0.2) is 42.5 Å². The second kappa shape index (κ2) is 12.7. The van der Waals surface area contributed by atoms with Gasteiger partial charge in [0.2, 0.25) is 5.91 Å². The summed E-state index contributed by atoms with van der Waals surface area (Å²) < 4.78 is 26.0. The molecule has 2 aromatic rings. The molecule has 0 saturated carbocycles. The number of nitrogens with one attached hydrogen (secondary N) is 1. The number of hydrogen-bond donors (Lipinski definition) is 1. The SMILES string of the molecule is CCCCOP(=O)(OCCCC)C(CC)c1ccc2c(c1)-c1ccccc1C2C(=O)NCCC. The number of benzene rings is 2. The first-order valence-electron chi connectivity index (χ1n) is 12.9. The van der Waals surface area contributed by atoms with Crippen LogP contribution in [0.25, 0.3) is 11.1 Å². The number of rotatable bonds is 14. The van der Waals surface area contributed by atoms with Gasteiger partial charge in [0, 0.05) is 6.54 Å². The summed E-state index contributed by atoms with van der Waals surface area (Å²) in [6.07, 6.45) is 5.20. The molecule has 0 radical (unpaired) electrons. The van der Waals surface area contributed by atoms with Gasteiger partial charge in [0.1, 0.15) is 0 Å². The van der Waals surface area contributed by atoms with E-state index in [1.54, 1.807) is 0 Å². The van der Waals surface area contributed by atoms with Gasteiger partial charge in [-0.3, -0.25) is 9.36 Å². The fourth-order valence-electron chi connectivity index (χ4n) is 4.59. The molecule has 1 amide bonds. The highest BCUT2D eigenvalue weighted by atomic mass is 31.2. The number of carbonyl (C=O) groups excluding carboxylic acids is 1. The standard InChI is InChI=1S/C28H40NO4P/c1-5-9-18-32-34(31,33-19-10-6-2)26(8-4)21-15-16-24-25(20-21)22-13-11-12-14-23(22)27(24)28(30)29-17-7-3/h11-16,20,26-27H,5-10,17-19H2,1-4H3,(H,29,30). The molecule has 0 fully saturated rings. The van der Waals surface area contributed by atoms with E-state index in [2.05, 4.69) is 38.2 Å². The van der Waals surface area contributed by atoms with Crippen molar-refractivity contribution in [2.75, 3.05) is 19.8 Å². The molecule has 1 N–H and O–H groups in total. The molecule has 1 aliphatic rings. The molecule has 3 rings (SSSR count). The highest BCUT2D eigenvalue weighted by Crippen LogP contribution is 2.63. The molecular formula is C28H40NO4P. The van der Waals surface area contributed by atoms with E-state index in [-0.39, 0.29) is 17.5 Å². The van der Waals surface area contributed by atoms with E-state index in [1.165, 1.54) is 0 Å². The predicted molar refractivity (Wildman–Crippen MR) is 139 cm³/mol. The van der Waals surface area contributed by atoms with Gasteiger partial charge in [-0.1, -0.05) is 76.9 Å². The van der Waals surface area contributed by atoms with E-state index in [4.69, 9.17) is 9.05 Å². The van der Waals surface area contributed by atoms with Crippen LogP contribution in [0.5, 0.6) is 0 Å². The third-order valence-electron chi connectivity index (χ3n) is 6.45.